The van der Waals surface area contributed by atoms with Crippen molar-refractivity contribution >= 4 is 33.0 Å². The maximum absolute atomic E-state index is 9.26. The lowest BCUT2D eigenvalue weighted by atomic mass is 10.0. The molecule has 1 unspecified atom stereocenters. The summed E-state index contributed by atoms with van der Waals surface area (Å²) >= 11 is 5.16. The minimum absolute atomic E-state index is 0.224. The minimum atomic E-state index is 0.224. The van der Waals surface area contributed by atoms with E-state index in [9.17, 15) is 5.26 Å². The van der Waals surface area contributed by atoms with Gasteiger partial charge in [0, 0.05) is 9.35 Å². The molecule has 2 rings (SSSR count). The van der Waals surface area contributed by atoms with Crippen molar-refractivity contribution in [2.24, 2.45) is 5.92 Å². The molecule has 19 heavy (non-hydrogen) atoms. The number of halogens is 1. The van der Waals surface area contributed by atoms with Crippen molar-refractivity contribution in [1.82, 2.24) is 0 Å². The van der Waals surface area contributed by atoms with E-state index in [-0.39, 0.29) is 6.04 Å². The molecular formula is C15H15BrN2S. The van der Waals surface area contributed by atoms with Crippen molar-refractivity contribution in [1.29, 1.82) is 5.26 Å². The first kappa shape index (κ1) is 14.1. The Kier molecular flexibility index (Phi) is 4.62. The molecule has 1 heterocycles. The van der Waals surface area contributed by atoms with E-state index in [2.05, 4.69) is 58.7 Å². The number of nitrogens with zero attached hydrogens (tertiary/aromatic N) is 1. The van der Waals surface area contributed by atoms with Gasteiger partial charge in [-0.2, -0.15) is 5.26 Å². The standard InChI is InChI=1S/C15H15BrN2S/c1-10(2)15(14-7-4-8-19-14)18-13-6-3-5-12(16)11(13)9-17/h3-8,10,15,18H,1-2H3. The van der Waals surface area contributed by atoms with Gasteiger partial charge in [-0.25, -0.2) is 0 Å². The van der Waals surface area contributed by atoms with Gasteiger partial charge in [0.1, 0.15) is 6.07 Å². The largest absolute Gasteiger partial charge is 0.376 e. The third kappa shape index (κ3) is 3.17. The molecular weight excluding hydrogens is 320 g/mol. The molecule has 0 saturated carbocycles. The van der Waals surface area contributed by atoms with E-state index in [1.165, 1.54) is 4.88 Å². The molecule has 0 aliphatic rings. The van der Waals surface area contributed by atoms with Crippen LogP contribution >= 0.6 is 27.3 Å². The molecule has 0 radical (unpaired) electrons. The van der Waals surface area contributed by atoms with Crippen molar-refractivity contribution in [3.63, 3.8) is 0 Å². The van der Waals surface area contributed by atoms with E-state index in [1.807, 2.05) is 18.2 Å². The summed E-state index contributed by atoms with van der Waals surface area (Å²) in [6.45, 7) is 4.36. The Balaban J connectivity index is 2.34. The van der Waals surface area contributed by atoms with Crippen LogP contribution < -0.4 is 5.32 Å². The maximum Gasteiger partial charge on any atom is 0.103 e. The maximum atomic E-state index is 9.26. The van der Waals surface area contributed by atoms with Gasteiger partial charge in [-0.3, -0.25) is 0 Å². The van der Waals surface area contributed by atoms with Crippen molar-refractivity contribution in [3.8, 4) is 6.07 Å². The summed E-state index contributed by atoms with van der Waals surface area (Å²) in [6.07, 6.45) is 0. The Morgan fingerprint density at radius 1 is 1.26 bits per heavy atom. The van der Waals surface area contributed by atoms with E-state index < -0.39 is 0 Å². The minimum Gasteiger partial charge on any atom is -0.376 e. The molecule has 0 saturated heterocycles. The predicted octanol–water partition coefficient (Wildman–Crippen LogP) is 5.19. The molecule has 4 heteroatoms. The fourth-order valence-corrected chi connectivity index (χ4v) is 3.36. The van der Waals surface area contributed by atoms with Crippen LogP contribution in [0.3, 0.4) is 0 Å². The number of rotatable bonds is 4. The molecule has 98 valence electrons. The second kappa shape index (κ2) is 6.23. The van der Waals surface area contributed by atoms with Gasteiger partial charge in [-0.05, 0) is 45.4 Å². The highest BCUT2D eigenvalue weighted by Crippen LogP contribution is 2.32. The van der Waals surface area contributed by atoms with Crippen LogP contribution in [0.4, 0.5) is 5.69 Å². The molecule has 0 aliphatic heterocycles. The topological polar surface area (TPSA) is 35.8 Å². The van der Waals surface area contributed by atoms with Crippen LogP contribution in [-0.2, 0) is 0 Å². The molecule has 1 N–H and O–H groups in total. The second-order valence-electron chi connectivity index (χ2n) is 4.66. The summed E-state index contributed by atoms with van der Waals surface area (Å²) in [5.74, 6) is 0.448. The van der Waals surface area contributed by atoms with Gasteiger partial charge in [-0.15, -0.1) is 11.3 Å². The molecule has 0 spiro atoms. The summed E-state index contributed by atoms with van der Waals surface area (Å²) in [4.78, 5) is 1.29. The lowest BCUT2D eigenvalue weighted by Gasteiger charge is -2.23. The molecule has 1 aromatic heterocycles. The molecule has 1 aromatic carbocycles. The Morgan fingerprint density at radius 3 is 2.63 bits per heavy atom. The van der Waals surface area contributed by atoms with E-state index in [0.717, 1.165) is 10.2 Å². The van der Waals surface area contributed by atoms with Gasteiger partial charge in [0.05, 0.1) is 17.3 Å². The average Bonchev–Trinajstić information content (AvgIpc) is 2.89. The number of nitriles is 1. The van der Waals surface area contributed by atoms with Gasteiger partial charge >= 0.3 is 0 Å². The summed E-state index contributed by atoms with van der Waals surface area (Å²) < 4.78 is 0.827. The van der Waals surface area contributed by atoms with Crippen LogP contribution in [0.25, 0.3) is 0 Å². The quantitative estimate of drug-likeness (QED) is 0.834. The third-order valence-corrected chi connectivity index (χ3v) is 4.57. The van der Waals surface area contributed by atoms with E-state index in [1.54, 1.807) is 11.3 Å². The van der Waals surface area contributed by atoms with Crippen LogP contribution in [0.5, 0.6) is 0 Å². The van der Waals surface area contributed by atoms with Crippen LogP contribution in [0.2, 0.25) is 0 Å². The van der Waals surface area contributed by atoms with Gasteiger partial charge in [0.15, 0.2) is 0 Å². The van der Waals surface area contributed by atoms with Crippen molar-refractivity contribution in [2.45, 2.75) is 19.9 Å². The Hall–Kier alpha value is -1.31. The monoisotopic (exact) mass is 334 g/mol. The lowest BCUT2D eigenvalue weighted by molar-refractivity contribution is 0.553. The van der Waals surface area contributed by atoms with Crippen LogP contribution in [0, 0.1) is 17.2 Å². The number of benzene rings is 1. The number of nitrogens with one attached hydrogen (secondary N) is 1. The first-order valence-electron chi connectivity index (χ1n) is 6.12. The zero-order valence-electron chi connectivity index (χ0n) is 10.9. The molecule has 0 aliphatic carbocycles. The second-order valence-corrected chi connectivity index (χ2v) is 6.49. The first-order valence-corrected chi connectivity index (χ1v) is 7.79. The molecule has 2 nitrogen and oxygen atoms in total. The lowest BCUT2D eigenvalue weighted by Crippen LogP contribution is -2.16. The van der Waals surface area contributed by atoms with Crippen molar-refractivity contribution < 1.29 is 0 Å². The predicted molar refractivity (Wildman–Crippen MR) is 84.4 cm³/mol. The summed E-state index contributed by atoms with van der Waals surface area (Å²) in [6, 6.07) is 12.4. The fraction of sp³-hybridized carbons (Fsp3) is 0.267. The summed E-state index contributed by atoms with van der Waals surface area (Å²) in [5.41, 5.74) is 1.54. The third-order valence-electron chi connectivity index (χ3n) is 2.95. The van der Waals surface area contributed by atoms with E-state index in [4.69, 9.17) is 0 Å². The van der Waals surface area contributed by atoms with Gasteiger partial charge in [0.2, 0.25) is 0 Å². The van der Waals surface area contributed by atoms with Crippen LogP contribution in [0.1, 0.15) is 30.3 Å². The summed E-state index contributed by atoms with van der Waals surface area (Å²) in [7, 11) is 0. The Morgan fingerprint density at radius 2 is 2.05 bits per heavy atom. The number of hydrogen-bond donors (Lipinski definition) is 1. The molecule has 1 atom stereocenters. The molecule has 0 bridgehead atoms. The summed E-state index contributed by atoms with van der Waals surface area (Å²) in [5, 5.41) is 14.8. The number of hydrogen-bond acceptors (Lipinski definition) is 3. The zero-order chi connectivity index (χ0) is 13.8. The van der Waals surface area contributed by atoms with Gasteiger partial charge in [-0.1, -0.05) is 26.0 Å². The molecule has 2 aromatic rings. The van der Waals surface area contributed by atoms with Crippen molar-refractivity contribution in [2.75, 3.05) is 5.32 Å². The van der Waals surface area contributed by atoms with E-state index >= 15 is 0 Å². The number of anilines is 1. The zero-order valence-corrected chi connectivity index (χ0v) is 13.3. The highest BCUT2D eigenvalue weighted by molar-refractivity contribution is 9.10. The highest BCUT2D eigenvalue weighted by atomic mass is 79.9. The number of thiophene rings is 1. The van der Waals surface area contributed by atoms with Crippen LogP contribution in [-0.4, -0.2) is 0 Å². The smallest absolute Gasteiger partial charge is 0.103 e. The molecule has 0 fully saturated rings. The molecule has 0 amide bonds. The van der Waals surface area contributed by atoms with Crippen molar-refractivity contribution in [3.05, 3.63) is 50.6 Å². The normalized spacial score (nSPS) is 12.2. The highest BCUT2D eigenvalue weighted by Gasteiger charge is 2.18. The van der Waals surface area contributed by atoms with Crippen LogP contribution in [0.15, 0.2) is 40.2 Å². The van der Waals surface area contributed by atoms with Gasteiger partial charge in [0.25, 0.3) is 0 Å². The Bertz CT molecular complexity index is 585. The fourth-order valence-electron chi connectivity index (χ4n) is 1.96. The average molecular weight is 335 g/mol. The van der Waals surface area contributed by atoms with Gasteiger partial charge < -0.3 is 5.32 Å². The first-order chi connectivity index (χ1) is 9.13. The Labute approximate surface area is 126 Å². The SMILES string of the molecule is CC(C)C(Nc1cccc(Br)c1C#N)c1cccs1. The van der Waals surface area contributed by atoms with E-state index in [0.29, 0.717) is 11.5 Å².